The molecule has 0 aliphatic carbocycles. The van der Waals surface area contributed by atoms with Crippen molar-refractivity contribution in [2.75, 3.05) is 19.8 Å². The van der Waals surface area contributed by atoms with E-state index in [4.69, 9.17) is 4.74 Å². The largest absolute Gasteiger partial charge is 0.376 e. The first kappa shape index (κ1) is 11.7. The van der Waals surface area contributed by atoms with Crippen LogP contribution in [0.15, 0.2) is 12.2 Å². The summed E-state index contributed by atoms with van der Waals surface area (Å²) in [6.45, 7) is 12.5. The first-order chi connectivity index (χ1) is 5.66. The molecule has 2 nitrogen and oxygen atoms in total. The molecule has 0 radical (unpaired) electrons. The van der Waals surface area contributed by atoms with Gasteiger partial charge in [-0.2, -0.15) is 0 Å². The Morgan fingerprint density at radius 1 is 1.58 bits per heavy atom. The third-order valence-corrected chi connectivity index (χ3v) is 1.70. The van der Waals surface area contributed by atoms with Crippen LogP contribution in [-0.4, -0.2) is 25.8 Å². The van der Waals surface area contributed by atoms with Crippen LogP contribution >= 0.6 is 0 Å². The average molecular weight is 171 g/mol. The highest BCUT2D eigenvalue weighted by atomic mass is 16.5. The zero-order valence-electron chi connectivity index (χ0n) is 8.52. The van der Waals surface area contributed by atoms with Gasteiger partial charge in [-0.05, 0) is 20.3 Å². The van der Waals surface area contributed by atoms with Crippen LogP contribution < -0.4 is 5.32 Å². The van der Waals surface area contributed by atoms with E-state index < -0.39 is 0 Å². The standard InChI is InChI=1S/C10H21NO/c1-5-10(4)11-6-7-12-8-9(2)3/h10-11H,2,5-8H2,1,3-4H3. The molecule has 0 amide bonds. The molecule has 1 atom stereocenters. The lowest BCUT2D eigenvalue weighted by atomic mass is 10.3. The van der Waals surface area contributed by atoms with Crippen LogP contribution in [0.4, 0.5) is 0 Å². The molecular weight excluding hydrogens is 150 g/mol. The number of hydrogen-bond donors (Lipinski definition) is 1. The molecule has 0 aromatic carbocycles. The number of hydrogen-bond acceptors (Lipinski definition) is 2. The maximum absolute atomic E-state index is 5.33. The Morgan fingerprint density at radius 3 is 2.75 bits per heavy atom. The molecule has 0 fully saturated rings. The maximum atomic E-state index is 5.33. The van der Waals surface area contributed by atoms with E-state index >= 15 is 0 Å². The maximum Gasteiger partial charge on any atom is 0.0672 e. The molecule has 2 heteroatoms. The van der Waals surface area contributed by atoms with E-state index in [2.05, 4.69) is 25.7 Å². The van der Waals surface area contributed by atoms with E-state index in [1.165, 1.54) is 6.42 Å². The summed E-state index contributed by atoms with van der Waals surface area (Å²) in [7, 11) is 0. The Hall–Kier alpha value is -0.340. The predicted octanol–water partition coefficient (Wildman–Crippen LogP) is 1.97. The first-order valence-electron chi connectivity index (χ1n) is 4.62. The highest BCUT2D eigenvalue weighted by molar-refractivity contribution is 4.87. The summed E-state index contributed by atoms with van der Waals surface area (Å²) in [6.07, 6.45) is 1.17. The zero-order chi connectivity index (χ0) is 9.40. The molecule has 72 valence electrons. The quantitative estimate of drug-likeness (QED) is 0.467. The third kappa shape index (κ3) is 7.76. The Labute approximate surface area is 76.0 Å². The van der Waals surface area contributed by atoms with Gasteiger partial charge in [0.1, 0.15) is 0 Å². The summed E-state index contributed by atoms with van der Waals surface area (Å²) in [5, 5.41) is 3.35. The summed E-state index contributed by atoms with van der Waals surface area (Å²) in [6, 6.07) is 0.596. The van der Waals surface area contributed by atoms with Crippen molar-refractivity contribution in [2.45, 2.75) is 33.2 Å². The molecule has 0 aliphatic rings. The van der Waals surface area contributed by atoms with Gasteiger partial charge in [0.2, 0.25) is 0 Å². The molecule has 0 saturated heterocycles. The Balaban J connectivity index is 3.05. The van der Waals surface area contributed by atoms with Gasteiger partial charge in [0.25, 0.3) is 0 Å². The monoisotopic (exact) mass is 171 g/mol. The molecular formula is C10H21NO. The summed E-state index contributed by atoms with van der Waals surface area (Å²) in [5.41, 5.74) is 1.08. The van der Waals surface area contributed by atoms with Crippen molar-refractivity contribution in [3.8, 4) is 0 Å². The number of rotatable bonds is 7. The molecule has 0 aromatic rings. The van der Waals surface area contributed by atoms with E-state index in [0.717, 1.165) is 18.7 Å². The molecule has 0 spiro atoms. The van der Waals surface area contributed by atoms with Crippen molar-refractivity contribution < 1.29 is 4.74 Å². The summed E-state index contributed by atoms with van der Waals surface area (Å²) in [5.74, 6) is 0. The molecule has 0 heterocycles. The Bertz CT molecular complexity index is 123. The van der Waals surface area contributed by atoms with Gasteiger partial charge >= 0.3 is 0 Å². The minimum atomic E-state index is 0.596. The van der Waals surface area contributed by atoms with Crippen molar-refractivity contribution in [1.82, 2.24) is 5.32 Å². The molecule has 1 N–H and O–H groups in total. The fraction of sp³-hybridized carbons (Fsp3) is 0.800. The van der Waals surface area contributed by atoms with Crippen molar-refractivity contribution in [3.63, 3.8) is 0 Å². The second-order valence-corrected chi connectivity index (χ2v) is 3.27. The lowest BCUT2D eigenvalue weighted by Crippen LogP contribution is -2.28. The van der Waals surface area contributed by atoms with Gasteiger partial charge in [0.05, 0.1) is 13.2 Å². The smallest absolute Gasteiger partial charge is 0.0672 e. The average Bonchev–Trinajstić information content (AvgIpc) is 2.03. The molecule has 0 aromatic heterocycles. The molecule has 0 rings (SSSR count). The third-order valence-electron chi connectivity index (χ3n) is 1.70. The van der Waals surface area contributed by atoms with Crippen molar-refractivity contribution in [1.29, 1.82) is 0 Å². The minimum Gasteiger partial charge on any atom is -0.376 e. The lowest BCUT2D eigenvalue weighted by Gasteiger charge is -2.10. The number of ether oxygens (including phenoxy) is 1. The van der Waals surface area contributed by atoms with Crippen LogP contribution in [0.3, 0.4) is 0 Å². The van der Waals surface area contributed by atoms with Crippen LogP contribution in [-0.2, 0) is 4.74 Å². The van der Waals surface area contributed by atoms with E-state index in [0.29, 0.717) is 12.6 Å². The molecule has 12 heavy (non-hydrogen) atoms. The summed E-state index contributed by atoms with van der Waals surface area (Å²) in [4.78, 5) is 0. The first-order valence-corrected chi connectivity index (χ1v) is 4.62. The van der Waals surface area contributed by atoms with Crippen molar-refractivity contribution in [2.24, 2.45) is 0 Å². The van der Waals surface area contributed by atoms with E-state index in [1.54, 1.807) is 0 Å². The zero-order valence-corrected chi connectivity index (χ0v) is 8.52. The predicted molar refractivity (Wildman–Crippen MR) is 53.4 cm³/mol. The van der Waals surface area contributed by atoms with Crippen LogP contribution in [0.2, 0.25) is 0 Å². The summed E-state index contributed by atoms with van der Waals surface area (Å²) < 4.78 is 5.33. The Kier molecular flexibility index (Phi) is 7.11. The lowest BCUT2D eigenvalue weighted by molar-refractivity contribution is 0.155. The van der Waals surface area contributed by atoms with Gasteiger partial charge in [-0.1, -0.05) is 19.1 Å². The van der Waals surface area contributed by atoms with Gasteiger partial charge in [0.15, 0.2) is 0 Å². The molecule has 0 aliphatic heterocycles. The second-order valence-electron chi connectivity index (χ2n) is 3.27. The highest BCUT2D eigenvalue weighted by Crippen LogP contribution is 1.89. The van der Waals surface area contributed by atoms with Gasteiger partial charge in [-0.25, -0.2) is 0 Å². The van der Waals surface area contributed by atoms with Gasteiger partial charge in [0, 0.05) is 12.6 Å². The SMILES string of the molecule is C=C(C)COCCNC(C)CC. The van der Waals surface area contributed by atoms with Crippen molar-refractivity contribution in [3.05, 3.63) is 12.2 Å². The van der Waals surface area contributed by atoms with E-state index in [1.807, 2.05) is 6.92 Å². The normalized spacial score (nSPS) is 12.9. The molecule has 0 saturated carbocycles. The second kappa shape index (κ2) is 7.32. The summed E-state index contributed by atoms with van der Waals surface area (Å²) >= 11 is 0. The van der Waals surface area contributed by atoms with Gasteiger partial charge in [-0.3, -0.25) is 0 Å². The van der Waals surface area contributed by atoms with Crippen LogP contribution in [0.5, 0.6) is 0 Å². The molecule has 0 bridgehead atoms. The fourth-order valence-electron chi connectivity index (χ4n) is 0.768. The van der Waals surface area contributed by atoms with Crippen LogP contribution in [0.25, 0.3) is 0 Å². The fourth-order valence-corrected chi connectivity index (χ4v) is 0.768. The Morgan fingerprint density at radius 2 is 2.25 bits per heavy atom. The van der Waals surface area contributed by atoms with E-state index in [9.17, 15) is 0 Å². The minimum absolute atomic E-state index is 0.596. The van der Waals surface area contributed by atoms with E-state index in [-0.39, 0.29) is 0 Å². The van der Waals surface area contributed by atoms with Gasteiger partial charge in [-0.15, -0.1) is 0 Å². The van der Waals surface area contributed by atoms with Gasteiger partial charge < -0.3 is 10.1 Å². The van der Waals surface area contributed by atoms with Crippen molar-refractivity contribution >= 4 is 0 Å². The van der Waals surface area contributed by atoms with Crippen LogP contribution in [0.1, 0.15) is 27.2 Å². The highest BCUT2D eigenvalue weighted by Gasteiger charge is 1.95. The topological polar surface area (TPSA) is 21.3 Å². The molecule has 1 unspecified atom stereocenters. The van der Waals surface area contributed by atoms with Crippen LogP contribution in [0, 0.1) is 0 Å². The number of nitrogens with one attached hydrogen (secondary N) is 1.